The number of hydrogen-bond acceptors (Lipinski definition) is 1. The summed E-state index contributed by atoms with van der Waals surface area (Å²) in [5.41, 5.74) is -0.491. The molecule has 0 aliphatic carbocycles. The van der Waals surface area contributed by atoms with Crippen molar-refractivity contribution in [2.24, 2.45) is 5.41 Å². The van der Waals surface area contributed by atoms with Gasteiger partial charge in [0.2, 0.25) is 0 Å². The highest BCUT2D eigenvalue weighted by atomic mass is 19.4. The summed E-state index contributed by atoms with van der Waals surface area (Å²) >= 11 is 0. The lowest BCUT2D eigenvalue weighted by molar-refractivity contribution is -0.211. The number of aliphatic hydroxyl groups is 1. The van der Waals surface area contributed by atoms with Crippen molar-refractivity contribution < 1.29 is 18.3 Å². The van der Waals surface area contributed by atoms with Crippen LogP contribution in [0.4, 0.5) is 13.2 Å². The third kappa shape index (κ3) is 6.46. The Hall–Kier alpha value is -0.250. The van der Waals surface area contributed by atoms with Crippen molar-refractivity contribution >= 4 is 0 Å². The van der Waals surface area contributed by atoms with Gasteiger partial charge in [-0.3, -0.25) is 0 Å². The summed E-state index contributed by atoms with van der Waals surface area (Å²) in [6, 6.07) is 0. The third-order valence-electron chi connectivity index (χ3n) is 1.18. The molecule has 0 aliphatic heterocycles. The molecule has 1 N–H and O–H groups in total. The molecule has 0 saturated heterocycles. The second-order valence-corrected chi connectivity index (χ2v) is 3.82. The van der Waals surface area contributed by atoms with Crippen LogP contribution < -0.4 is 0 Å². The lowest BCUT2D eigenvalue weighted by Crippen LogP contribution is -2.32. The van der Waals surface area contributed by atoms with Crippen LogP contribution in [0.1, 0.15) is 34.6 Å². The zero-order valence-electron chi connectivity index (χ0n) is 6.87. The summed E-state index contributed by atoms with van der Waals surface area (Å²) in [5, 5.41) is 8.60. The smallest absolute Gasteiger partial charge is 0.384 e. The molecule has 0 radical (unpaired) electrons. The zero-order chi connectivity index (χ0) is 9.28. The van der Waals surface area contributed by atoms with Crippen molar-refractivity contribution in [1.82, 2.24) is 0 Å². The van der Waals surface area contributed by atoms with E-state index in [0.29, 0.717) is 0 Å². The van der Waals surface area contributed by atoms with E-state index < -0.39 is 17.7 Å². The predicted molar refractivity (Wildman–Crippen MR) is 42.9 cm³/mol. The van der Waals surface area contributed by atoms with E-state index in [2.05, 4.69) is 0 Å². The van der Waals surface area contributed by atoms with E-state index in [-0.39, 0.29) is 13.8 Å². The van der Waals surface area contributed by atoms with Crippen LogP contribution in [-0.2, 0) is 0 Å². The number of rotatable bonds is 1. The Kier molecular flexibility index (Phi) is 4.90. The Morgan fingerprint density at radius 2 is 1.50 bits per heavy atom. The van der Waals surface area contributed by atoms with Crippen LogP contribution in [0.15, 0.2) is 0 Å². The summed E-state index contributed by atoms with van der Waals surface area (Å²) in [6.45, 7) is 4.96. The van der Waals surface area contributed by atoms with Gasteiger partial charge in [-0.2, -0.15) is 13.2 Å². The molecular formula is C8H17F3O. The van der Waals surface area contributed by atoms with E-state index in [4.69, 9.17) is 5.11 Å². The van der Waals surface area contributed by atoms with Crippen molar-refractivity contribution in [2.45, 2.75) is 46.9 Å². The Labute approximate surface area is 71.6 Å². The largest absolute Gasteiger partial charge is 0.414 e. The first kappa shape index (κ1) is 14.3. The van der Waals surface area contributed by atoms with Crippen molar-refractivity contribution in [2.75, 3.05) is 0 Å². The summed E-state index contributed by atoms with van der Waals surface area (Å²) in [7, 11) is 0. The maximum Gasteiger partial charge on any atom is 0.414 e. The molecule has 4 heteroatoms. The van der Waals surface area contributed by atoms with Gasteiger partial charge in [0.25, 0.3) is 0 Å². The summed E-state index contributed by atoms with van der Waals surface area (Å²) in [6.07, 6.45) is -6.92. The standard InChI is InChI=1S/C7H13F3O.CH4/c1-6(2,3)4-5(11)7(8,9)10;/h5,11H,4H2,1-3H3;1H4. The fourth-order valence-electron chi connectivity index (χ4n) is 0.696. The molecule has 0 saturated carbocycles. The fraction of sp³-hybridized carbons (Fsp3) is 1.00. The Balaban J connectivity index is 0. The van der Waals surface area contributed by atoms with Crippen molar-refractivity contribution in [3.8, 4) is 0 Å². The van der Waals surface area contributed by atoms with Gasteiger partial charge in [0, 0.05) is 0 Å². The van der Waals surface area contributed by atoms with Gasteiger partial charge in [-0.1, -0.05) is 28.2 Å². The van der Waals surface area contributed by atoms with E-state index in [0.717, 1.165) is 0 Å². The van der Waals surface area contributed by atoms with Gasteiger partial charge < -0.3 is 5.11 Å². The van der Waals surface area contributed by atoms with Crippen molar-refractivity contribution in [1.29, 1.82) is 0 Å². The summed E-state index contributed by atoms with van der Waals surface area (Å²) in [5.74, 6) is 0. The first-order valence-corrected chi connectivity index (χ1v) is 3.38. The predicted octanol–water partition coefficient (Wildman–Crippen LogP) is 2.98. The van der Waals surface area contributed by atoms with Gasteiger partial charge in [0.15, 0.2) is 0 Å². The minimum absolute atomic E-state index is 0. The maximum absolute atomic E-state index is 11.7. The summed E-state index contributed by atoms with van der Waals surface area (Å²) in [4.78, 5) is 0. The number of hydrogen-bond donors (Lipinski definition) is 1. The number of halogens is 3. The van der Waals surface area contributed by atoms with Gasteiger partial charge >= 0.3 is 6.18 Å². The SMILES string of the molecule is C.CC(C)(C)CC(O)C(F)(F)F. The van der Waals surface area contributed by atoms with E-state index >= 15 is 0 Å². The Morgan fingerprint density at radius 3 is 1.58 bits per heavy atom. The molecule has 0 amide bonds. The molecule has 12 heavy (non-hydrogen) atoms. The highest BCUT2D eigenvalue weighted by Gasteiger charge is 2.40. The number of aliphatic hydroxyl groups excluding tert-OH is 1. The molecule has 76 valence electrons. The van der Waals surface area contributed by atoms with Crippen LogP contribution in [-0.4, -0.2) is 17.4 Å². The maximum atomic E-state index is 11.7. The second-order valence-electron chi connectivity index (χ2n) is 3.82. The van der Waals surface area contributed by atoms with Crippen LogP contribution in [0.3, 0.4) is 0 Å². The normalized spacial score (nSPS) is 15.2. The van der Waals surface area contributed by atoms with Crippen molar-refractivity contribution in [3.63, 3.8) is 0 Å². The molecule has 1 atom stereocenters. The van der Waals surface area contributed by atoms with E-state index in [1.54, 1.807) is 20.8 Å². The zero-order valence-corrected chi connectivity index (χ0v) is 6.87. The quantitative estimate of drug-likeness (QED) is 0.667. The number of alkyl halides is 3. The van der Waals surface area contributed by atoms with Crippen LogP contribution in [0.25, 0.3) is 0 Å². The van der Waals surface area contributed by atoms with Gasteiger partial charge in [-0.05, 0) is 11.8 Å². The van der Waals surface area contributed by atoms with Gasteiger partial charge in [0.1, 0.15) is 6.10 Å². The highest BCUT2D eigenvalue weighted by molar-refractivity contribution is 4.73. The molecule has 0 heterocycles. The Morgan fingerprint density at radius 1 is 1.17 bits per heavy atom. The third-order valence-corrected chi connectivity index (χ3v) is 1.18. The molecule has 1 unspecified atom stereocenters. The van der Waals surface area contributed by atoms with Crippen LogP contribution in [0, 0.1) is 5.41 Å². The van der Waals surface area contributed by atoms with Gasteiger partial charge in [-0.25, -0.2) is 0 Å². The molecule has 0 aromatic heterocycles. The summed E-state index contributed by atoms with van der Waals surface area (Å²) < 4.78 is 35.2. The topological polar surface area (TPSA) is 20.2 Å². The molecule has 0 spiro atoms. The van der Waals surface area contributed by atoms with Gasteiger partial charge in [-0.15, -0.1) is 0 Å². The van der Waals surface area contributed by atoms with Crippen molar-refractivity contribution in [3.05, 3.63) is 0 Å². The molecule has 1 nitrogen and oxygen atoms in total. The molecule has 0 fully saturated rings. The molecule has 0 rings (SSSR count). The first-order valence-electron chi connectivity index (χ1n) is 3.38. The molecule has 0 aromatic carbocycles. The monoisotopic (exact) mass is 186 g/mol. The lowest BCUT2D eigenvalue weighted by Gasteiger charge is -2.23. The van der Waals surface area contributed by atoms with Crippen LogP contribution in [0.5, 0.6) is 0 Å². The second kappa shape index (κ2) is 4.12. The van der Waals surface area contributed by atoms with Crippen LogP contribution in [0.2, 0.25) is 0 Å². The van der Waals surface area contributed by atoms with E-state index in [1.807, 2.05) is 0 Å². The molecule has 0 aromatic rings. The van der Waals surface area contributed by atoms with Crippen LogP contribution >= 0.6 is 0 Å². The molecular weight excluding hydrogens is 169 g/mol. The molecule has 0 bridgehead atoms. The average molecular weight is 186 g/mol. The van der Waals surface area contributed by atoms with E-state index in [9.17, 15) is 13.2 Å². The van der Waals surface area contributed by atoms with E-state index in [1.165, 1.54) is 0 Å². The minimum Gasteiger partial charge on any atom is -0.384 e. The molecule has 0 aliphatic rings. The van der Waals surface area contributed by atoms with Gasteiger partial charge in [0.05, 0.1) is 0 Å². The fourth-order valence-corrected chi connectivity index (χ4v) is 0.696. The lowest BCUT2D eigenvalue weighted by atomic mass is 9.89. The Bertz CT molecular complexity index is 123. The minimum atomic E-state index is -4.48. The highest BCUT2D eigenvalue weighted by Crippen LogP contribution is 2.30. The average Bonchev–Trinajstić information content (AvgIpc) is 1.56. The first-order chi connectivity index (χ1) is 4.63.